The third kappa shape index (κ3) is 2.53. The Bertz CT molecular complexity index is 717. The highest BCUT2D eigenvalue weighted by Gasteiger charge is 2.44. The monoisotopic (exact) mass is 335 g/mol. The van der Waals surface area contributed by atoms with Crippen LogP contribution < -0.4 is 5.32 Å². The number of fused-ring (bicyclic) bond motifs is 1. The molecule has 2 aliphatic rings. The van der Waals surface area contributed by atoms with E-state index in [9.17, 15) is 15.3 Å². The Labute approximate surface area is 138 Å². The molecule has 24 heavy (non-hydrogen) atoms. The number of ether oxygens (including phenoxy) is 1. The van der Waals surface area contributed by atoms with Crippen molar-refractivity contribution in [2.75, 3.05) is 11.9 Å². The number of nitrogens with zero attached hydrogens (tertiary/aromatic N) is 4. The molecule has 0 aromatic carbocycles. The van der Waals surface area contributed by atoms with Gasteiger partial charge in [0.05, 0.1) is 12.9 Å². The summed E-state index contributed by atoms with van der Waals surface area (Å²) in [4.78, 5) is 12.9. The summed E-state index contributed by atoms with van der Waals surface area (Å²) < 4.78 is 7.12. The molecule has 1 aliphatic carbocycles. The number of nitrogens with one attached hydrogen (secondary N) is 1. The highest BCUT2D eigenvalue weighted by Crippen LogP contribution is 2.32. The Hall–Kier alpha value is -1.81. The van der Waals surface area contributed by atoms with Crippen LogP contribution in [0.1, 0.15) is 31.9 Å². The zero-order valence-electron chi connectivity index (χ0n) is 13.1. The summed E-state index contributed by atoms with van der Waals surface area (Å²) in [6.07, 6.45) is 3.60. The summed E-state index contributed by atoms with van der Waals surface area (Å²) >= 11 is 0. The van der Waals surface area contributed by atoms with E-state index < -0.39 is 24.5 Å². The van der Waals surface area contributed by atoms with Gasteiger partial charge in [0.15, 0.2) is 23.2 Å². The molecule has 1 saturated carbocycles. The third-order valence-electron chi connectivity index (χ3n) is 4.85. The second kappa shape index (κ2) is 6.25. The first-order chi connectivity index (χ1) is 11.7. The quantitative estimate of drug-likeness (QED) is 0.605. The standard InChI is InChI=1S/C15H21N5O4/c21-5-9-11(22)12(23)15(24-9)20-7-18-10-13(16-6-17-14(10)20)19-8-3-1-2-4-8/h6-9,11-12,15,21-23H,1-5H2,(H,16,17,19)/t9-,11-,12?,15-/m1/s1. The van der Waals surface area contributed by atoms with E-state index in [0.717, 1.165) is 12.8 Å². The molecule has 4 N–H and O–H groups in total. The summed E-state index contributed by atoms with van der Waals surface area (Å²) in [5, 5.41) is 32.8. The first-order valence-electron chi connectivity index (χ1n) is 8.25. The maximum absolute atomic E-state index is 10.2. The lowest BCUT2D eigenvalue weighted by molar-refractivity contribution is -0.0511. The molecule has 0 bridgehead atoms. The van der Waals surface area contributed by atoms with Crippen molar-refractivity contribution in [3.05, 3.63) is 12.7 Å². The first kappa shape index (κ1) is 15.7. The van der Waals surface area contributed by atoms with Crippen molar-refractivity contribution in [1.29, 1.82) is 0 Å². The summed E-state index contributed by atoms with van der Waals surface area (Å²) in [5.74, 6) is 0.664. The number of imidazole rings is 1. The fourth-order valence-corrected chi connectivity index (χ4v) is 3.52. The predicted octanol–water partition coefficient (Wildman–Crippen LogP) is -0.208. The van der Waals surface area contributed by atoms with Gasteiger partial charge in [-0.2, -0.15) is 0 Å². The Balaban J connectivity index is 1.65. The second-order valence-corrected chi connectivity index (χ2v) is 6.40. The van der Waals surface area contributed by atoms with Gasteiger partial charge in [-0.15, -0.1) is 0 Å². The van der Waals surface area contributed by atoms with E-state index in [1.807, 2.05) is 0 Å². The van der Waals surface area contributed by atoms with Crippen LogP contribution in [-0.4, -0.2) is 65.8 Å². The zero-order chi connectivity index (χ0) is 16.7. The molecule has 3 heterocycles. The highest BCUT2D eigenvalue weighted by molar-refractivity contribution is 5.82. The lowest BCUT2D eigenvalue weighted by Gasteiger charge is -2.17. The lowest BCUT2D eigenvalue weighted by atomic mass is 10.1. The van der Waals surface area contributed by atoms with Crippen LogP contribution in [0.5, 0.6) is 0 Å². The minimum Gasteiger partial charge on any atom is -0.394 e. The van der Waals surface area contributed by atoms with E-state index in [2.05, 4.69) is 20.3 Å². The summed E-state index contributed by atoms with van der Waals surface area (Å²) in [6.45, 7) is -0.370. The maximum atomic E-state index is 10.2. The van der Waals surface area contributed by atoms with Crippen LogP contribution in [0.4, 0.5) is 5.82 Å². The average Bonchev–Trinajstić information content (AvgIpc) is 3.30. The fourth-order valence-electron chi connectivity index (χ4n) is 3.52. The smallest absolute Gasteiger partial charge is 0.167 e. The normalized spacial score (nSPS) is 31.1. The lowest BCUT2D eigenvalue weighted by Crippen LogP contribution is -2.33. The van der Waals surface area contributed by atoms with Crippen LogP contribution in [0.2, 0.25) is 0 Å². The molecule has 9 heteroatoms. The van der Waals surface area contributed by atoms with Crippen molar-refractivity contribution in [3.63, 3.8) is 0 Å². The van der Waals surface area contributed by atoms with Gasteiger partial charge in [-0.05, 0) is 12.8 Å². The molecular weight excluding hydrogens is 314 g/mol. The highest BCUT2D eigenvalue weighted by atomic mass is 16.6. The summed E-state index contributed by atoms with van der Waals surface area (Å²) in [5.41, 5.74) is 1.11. The minimum absolute atomic E-state index is 0.370. The Morgan fingerprint density at radius 1 is 1.17 bits per heavy atom. The van der Waals surface area contributed by atoms with Crippen LogP contribution in [0, 0.1) is 0 Å². The fraction of sp³-hybridized carbons (Fsp3) is 0.667. The molecule has 4 atom stereocenters. The van der Waals surface area contributed by atoms with E-state index in [0.29, 0.717) is 23.0 Å². The van der Waals surface area contributed by atoms with E-state index >= 15 is 0 Å². The van der Waals surface area contributed by atoms with Crippen molar-refractivity contribution in [2.24, 2.45) is 0 Å². The number of aliphatic hydroxyl groups excluding tert-OH is 3. The van der Waals surface area contributed by atoms with Crippen LogP contribution in [0.15, 0.2) is 12.7 Å². The molecule has 0 radical (unpaired) electrons. The maximum Gasteiger partial charge on any atom is 0.167 e. The van der Waals surface area contributed by atoms with Gasteiger partial charge < -0.3 is 25.4 Å². The number of hydrogen-bond donors (Lipinski definition) is 4. The number of anilines is 1. The molecule has 1 saturated heterocycles. The third-order valence-corrected chi connectivity index (χ3v) is 4.85. The van der Waals surface area contributed by atoms with Gasteiger partial charge in [0.25, 0.3) is 0 Å². The zero-order valence-corrected chi connectivity index (χ0v) is 13.1. The van der Waals surface area contributed by atoms with Crippen molar-refractivity contribution < 1.29 is 20.1 Å². The summed E-state index contributed by atoms with van der Waals surface area (Å²) in [6, 6.07) is 0.391. The van der Waals surface area contributed by atoms with Crippen LogP contribution in [0.25, 0.3) is 11.2 Å². The molecule has 1 unspecified atom stereocenters. The Morgan fingerprint density at radius 2 is 1.96 bits per heavy atom. The average molecular weight is 335 g/mol. The van der Waals surface area contributed by atoms with Crippen molar-refractivity contribution >= 4 is 17.0 Å². The molecule has 2 aromatic heterocycles. The van der Waals surface area contributed by atoms with Crippen molar-refractivity contribution in [3.8, 4) is 0 Å². The van der Waals surface area contributed by atoms with Crippen LogP contribution in [0.3, 0.4) is 0 Å². The first-order valence-corrected chi connectivity index (χ1v) is 8.25. The topological polar surface area (TPSA) is 126 Å². The van der Waals surface area contributed by atoms with Crippen molar-refractivity contribution in [2.45, 2.75) is 56.3 Å². The molecule has 0 spiro atoms. The summed E-state index contributed by atoms with van der Waals surface area (Å²) in [7, 11) is 0. The molecule has 1 aliphatic heterocycles. The number of aromatic nitrogens is 4. The van der Waals surface area contributed by atoms with E-state index in [1.165, 1.54) is 25.5 Å². The Morgan fingerprint density at radius 3 is 2.67 bits per heavy atom. The molecular formula is C15H21N5O4. The van der Waals surface area contributed by atoms with E-state index in [4.69, 9.17) is 4.74 Å². The molecule has 0 amide bonds. The molecule has 9 nitrogen and oxygen atoms in total. The van der Waals surface area contributed by atoms with Gasteiger partial charge in [0, 0.05) is 6.04 Å². The van der Waals surface area contributed by atoms with E-state index in [1.54, 1.807) is 4.57 Å². The largest absolute Gasteiger partial charge is 0.394 e. The number of hydrogen-bond acceptors (Lipinski definition) is 8. The van der Waals surface area contributed by atoms with E-state index in [-0.39, 0.29) is 6.61 Å². The van der Waals surface area contributed by atoms with Gasteiger partial charge in [0.2, 0.25) is 0 Å². The molecule has 4 rings (SSSR count). The number of rotatable bonds is 4. The molecule has 2 aromatic rings. The predicted molar refractivity (Wildman–Crippen MR) is 84.2 cm³/mol. The Kier molecular flexibility index (Phi) is 4.09. The van der Waals surface area contributed by atoms with Gasteiger partial charge in [0.1, 0.15) is 24.6 Å². The van der Waals surface area contributed by atoms with Crippen molar-refractivity contribution in [1.82, 2.24) is 19.5 Å². The number of aliphatic hydroxyl groups is 3. The minimum atomic E-state index is -1.17. The van der Waals surface area contributed by atoms with Crippen LogP contribution in [-0.2, 0) is 4.74 Å². The molecule has 2 fully saturated rings. The van der Waals surface area contributed by atoms with Gasteiger partial charge in [-0.3, -0.25) is 4.57 Å². The molecule has 130 valence electrons. The van der Waals surface area contributed by atoms with Gasteiger partial charge in [-0.1, -0.05) is 12.8 Å². The SMILES string of the molecule is OC[C@H]1O[C@@H](n2cnc3c(NC4CCCC4)ncnc32)C(O)[C@@H]1O. The second-order valence-electron chi connectivity index (χ2n) is 6.40. The van der Waals surface area contributed by atoms with Gasteiger partial charge >= 0.3 is 0 Å². The van der Waals surface area contributed by atoms with Gasteiger partial charge in [-0.25, -0.2) is 15.0 Å². The van der Waals surface area contributed by atoms with Crippen LogP contribution >= 0.6 is 0 Å².